The molecular weight excluding hydrogens is 334 g/mol. The van der Waals surface area contributed by atoms with Crippen LogP contribution in [0.25, 0.3) is 0 Å². The van der Waals surface area contributed by atoms with Crippen LogP contribution in [0.2, 0.25) is 0 Å². The summed E-state index contributed by atoms with van der Waals surface area (Å²) in [6, 6.07) is 7.10. The molecule has 0 amide bonds. The van der Waals surface area contributed by atoms with E-state index < -0.39 is 18.3 Å². The van der Waals surface area contributed by atoms with Crippen LogP contribution in [-0.4, -0.2) is 74.0 Å². The van der Waals surface area contributed by atoms with Gasteiger partial charge in [0.15, 0.2) is 6.29 Å². The molecule has 1 aliphatic heterocycles. The fourth-order valence-electron chi connectivity index (χ4n) is 1.59. The van der Waals surface area contributed by atoms with Crippen molar-refractivity contribution in [3.8, 4) is 5.75 Å². The van der Waals surface area contributed by atoms with E-state index in [1.807, 2.05) is 24.3 Å². The second kappa shape index (κ2) is 9.76. The predicted octanol–water partition coefficient (Wildman–Crippen LogP) is 0.468. The first-order valence-corrected chi connectivity index (χ1v) is 6.32. The zero-order valence-electron chi connectivity index (χ0n) is 11.2. The number of carbonyl (C=O) groups is 1. The molecule has 4 N–H and O–H groups in total. The summed E-state index contributed by atoms with van der Waals surface area (Å²) in [4.78, 5) is 10.0. The SMILES string of the molecule is CC(C)[C@H](N)C(=O)O.OC1CCc2ccccc2O1.[SrH2]. The van der Waals surface area contributed by atoms with Crippen LogP contribution in [0.1, 0.15) is 25.8 Å². The van der Waals surface area contributed by atoms with Crippen molar-refractivity contribution < 1.29 is 19.7 Å². The summed E-state index contributed by atoms with van der Waals surface area (Å²) >= 11 is 0. The number of carboxylic acid groups (broad SMARTS) is 1. The fraction of sp³-hybridized carbons (Fsp3) is 0.500. The zero-order valence-corrected chi connectivity index (χ0v) is 11.2. The van der Waals surface area contributed by atoms with Gasteiger partial charge in [0.25, 0.3) is 0 Å². The van der Waals surface area contributed by atoms with Crippen LogP contribution in [0.5, 0.6) is 5.75 Å². The molecule has 0 saturated heterocycles. The van der Waals surface area contributed by atoms with Crippen molar-refractivity contribution in [2.24, 2.45) is 11.7 Å². The van der Waals surface area contributed by atoms with E-state index in [1.165, 1.54) is 5.56 Å². The summed E-state index contributed by atoms with van der Waals surface area (Å²) in [5.41, 5.74) is 6.35. The van der Waals surface area contributed by atoms with E-state index in [2.05, 4.69) is 0 Å². The summed E-state index contributed by atoms with van der Waals surface area (Å²) in [5, 5.41) is 17.4. The molecule has 6 heteroatoms. The molecular formula is C14H23NO4Sr. The molecule has 0 aromatic heterocycles. The Morgan fingerprint density at radius 1 is 1.40 bits per heavy atom. The molecule has 0 spiro atoms. The van der Waals surface area contributed by atoms with Crippen molar-refractivity contribution in [3.05, 3.63) is 29.8 Å². The van der Waals surface area contributed by atoms with Gasteiger partial charge in [-0.1, -0.05) is 32.0 Å². The van der Waals surface area contributed by atoms with Crippen LogP contribution in [0.4, 0.5) is 0 Å². The molecule has 0 aliphatic carbocycles. The second-order valence-corrected chi connectivity index (χ2v) is 4.83. The Balaban J connectivity index is 0.000000364. The monoisotopic (exact) mass is 357 g/mol. The molecule has 1 heterocycles. The van der Waals surface area contributed by atoms with Crippen LogP contribution < -0.4 is 10.5 Å². The third-order valence-corrected chi connectivity index (χ3v) is 2.90. The number of aliphatic carboxylic acids is 1. The molecule has 1 aromatic rings. The normalized spacial score (nSPS) is 17.8. The Morgan fingerprint density at radius 3 is 2.50 bits per heavy atom. The van der Waals surface area contributed by atoms with Gasteiger partial charge in [-0.05, 0) is 24.0 Å². The van der Waals surface area contributed by atoms with Gasteiger partial charge in [0.05, 0.1) is 0 Å². The number of nitrogens with two attached hydrogens (primary N) is 1. The Kier molecular flexibility index (Phi) is 9.71. The number of ether oxygens (including phenoxy) is 1. The molecule has 0 bridgehead atoms. The first-order valence-electron chi connectivity index (χ1n) is 6.32. The summed E-state index contributed by atoms with van der Waals surface area (Å²) in [7, 11) is 0. The number of rotatable bonds is 2. The van der Waals surface area contributed by atoms with Gasteiger partial charge in [-0.15, -0.1) is 0 Å². The molecule has 1 unspecified atom stereocenters. The number of carboxylic acids is 1. The molecule has 110 valence electrons. The van der Waals surface area contributed by atoms with E-state index in [1.54, 1.807) is 13.8 Å². The number of aliphatic hydroxyl groups is 1. The van der Waals surface area contributed by atoms with Crippen molar-refractivity contribution in [2.75, 3.05) is 0 Å². The van der Waals surface area contributed by atoms with Crippen molar-refractivity contribution in [2.45, 2.75) is 39.0 Å². The van der Waals surface area contributed by atoms with Crippen LogP contribution in [0.3, 0.4) is 0 Å². The summed E-state index contributed by atoms with van der Waals surface area (Å²) in [5.74, 6) is -0.0845. The van der Waals surface area contributed by atoms with Gasteiger partial charge in [0.1, 0.15) is 11.8 Å². The Labute approximate surface area is 156 Å². The Morgan fingerprint density at radius 2 is 2.00 bits per heavy atom. The maximum atomic E-state index is 10.0. The Bertz CT molecular complexity index is 425. The second-order valence-electron chi connectivity index (χ2n) is 4.83. The number of fused-ring (bicyclic) bond motifs is 1. The molecule has 0 radical (unpaired) electrons. The van der Waals surface area contributed by atoms with Gasteiger partial charge in [-0.2, -0.15) is 0 Å². The molecule has 20 heavy (non-hydrogen) atoms. The van der Waals surface area contributed by atoms with Crippen molar-refractivity contribution in [3.63, 3.8) is 0 Å². The third-order valence-electron chi connectivity index (χ3n) is 2.90. The van der Waals surface area contributed by atoms with Crippen LogP contribution in [0, 0.1) is 5.92 Å². The third kappa shape index (κ3) is 6.56. The van der Waals surface area contributed by atoms with Crippen LogP contribution in [-0.2, 0) is 11.2 Å². The summed E-state index contributed by atoms with van der Waals surface area (Å²) in [6.45, 7) is 3.55. The Hall–Kier alpha value is -0.109. The first-order chi connectivity index (χ1) is 8.91. The summed E-state index contributed by atoms with van der Waals surface area (Å²) < 4.78 is 5.19. The van der Waals surface area contributed by atoms with Gasteiger partial charge >= 0.3 is 51.5 Å². The summed E-state index contributed by atoms with van der Waals surface area (Å²) in [6.07, 6.45) is 1.01. The van der Waals surface area contributed by atoms with E-state index in [-0.39, 0.29) is 51.4 Å². The van der Waals surface area contributed by atoms with Crippen molar-refractivity contribution in [1.29, 1.82) is 0 Å². The maximum absolute atomic E-state index is 10.0. The number of aryl methyl sites for hydroxylation is 1. The number of para-hydroxylation sites is 1. The van der Waals surface area contributed by atoms with E-state index in [9.17, 15) is 4.79 Å². The standard InChI is InChI=1S/C9H10O2.C5H11NO2.Sr.2H/c10-9-6-5-7-3-1-2-4-8(7)11-9;1-3(2)4(6)5(7)8;;;/h1-4,9-10H,5-6H2;3-4H,6H2,1-2H3,(H,7,8);;;/t;4-;;;/m.0.../s1. The van der Waals surface area contributed by atoms with Crippen LogP contribution in [0.15, 0.2) is 24.3 Å². The quantitative estimate of drug-likeness (QED) is 0.670. The van der Waals surface area contributed by atoms with Gasteiger partial charge in [0.2, 0.25) is 0 Å². The average Bonchev–Trinajstić information content (AvgIpc) is 2.38. The molecule has 1 aliphatic rings. The molecule has 0 saturated carbocycles. The zero-order chi connectivity index (χ0) is 14.4. The average molecular weight is 357 g/mol. The van der Waals surface area contributed by atoms with Crippen molar-refractivity contribution in [1.82, 2.24) is 0 Å². The van der Waals surface area contributed by atoms with Gasteiger partial charge < -0.3 is 20.7 Å². The van der Waals surface area contributed by atoms with Crippen molar-refractivity contribution >= 4 is 51.5 Å². The van der Waals surface area contributed by atoms with E-state index in [4.69, 9.17) is 20.7 Å². The molecule has 1 aromatic carbocycles. The van der Waals surface area contributed by atoms with Crippen LogP contribution >= 0.6 is 0 Å². The molecule has 2 atom stereocenters. The predicted molar refractivity (Wildman–Crippen MR) is 80.4 cm³/mol. The number of hydrogen-bond acceptors (Lipinski definition) is 4. The van der Waals surface area contributed by atoms with Gasteiger partial charge in [0, 0.05) is 6.42 Å². The van der Waals surface area contributed by atoms with Gasteiger partial charge in [-0.3, -0.25) is 4.79 Å². The molecule has 0 fully saturated rings. The number of hydrogen-bond donors (Lipinski definition) is 3. The molecule has 2 rings (SSSR count). The van der Waals surface area contributed by atoms with Gasteiger partial charge in [-0.25, -0.2) is 0 Å². The number of benzene rings is 1. The number of aliphatic hydroxyl groups excluding tert-OH is 1. The van der Waals surface area contributed by atoms with E-state index in [0.29, 0.717) is 6.42 Å². The first kappa shape index (κ1) is 19.9. The topological polar surface area (TPSA) is 92.8 Å². The van der Waals surface area contributed by atoms with E-state index >= 15 is 0 Å². The molecule has 5 nitrogen and oxygen atoms in total. The van der Waals surface area contributed by atoms with E-state index in [0.717, 1.165) is 12.2 Å². The minimum absolute atomic E-state index is 0. The fourth-order valence-corrected chi connectivity index (χ4v) is 1.59. The minimum atomic E-state index is -0.931.